The molecule has 25 aromatic rings. The summed E-state index contributed by atoms with van der Waals surface area (Å²) in [7, 11) is 0. The van der Waals surface area contributed by atoms with Crippen LogP contribution in [0, 0.1) is 34.6 Å². The van der Waals surface area contributed by atoms with Crippen molar-refractivity contribution in [2.24, 2.45) is 0 Å². The summed E-state index contributed by atoms with van der Waals surface area (Å²) in [4.78, 5) is 0. The number of rotatable bonds is 0. The first-order valence-corrected chi connectivity index (χ1v) is 46.1. The molecule has 640 valence electrons. The summed E-state index contributed by atoms with van der Waals surface area (Å²) < 4.78 is 32.3. The molecule has 0 amide bonds. The van der Waals surface area contributed by atoms with Crippen molar-refractivity contribution in [3.63, 3.8) is 0 Å². The van der Waals surface area contributed by atoms with E-state index in [1.54, 1.807) is 0 Å². The summed E-state index contributed by atoms with van der Waals surface area (Å²) in [5.41, 5.74) is 23.2. The first-order chi connectivity index (χ1) is 62.2. The molecule has 0 fully saturated rings. The SMILES string of the molecule is Cc1ccc2c(oc3c4ccccc4c4ccccc4c23)c1C(C)(C)C.Cc1ccc2c(oc3cc4c(ccc5ccccc54)cc32)c1C(C)(C)C.Cc1ccc2c(oc3cc4ccc5ccccc5c4cc32)c1C(C)(C)C.Cc1ccc2c(oc3ccc4c5ccccc5ccc4c32)c1C(C)(C)C.Cc1ccc2c(oc3ccc4ccc5ccccc5c4c32)c1C(C)(C)C. The molecule has 0 aliphatic rings. The molecular formula is C125H110O5. The lowest BCUT2D eigenvalue weighted by atomic mass is 9.83. The Morgan fingerprint density at radius 1 is 0.146 bits per heavy atom. The number of hydrogen-bond donors (Lipinski definition) is 0. The van der Waals surface area contributed by atoms with Crippen LogP contribution < -0.4 is 0 Å². The molecule has 0 radical (unpaired) electrons. The van der Waals surface area contributed by atoms with Gasteiger partial charge in [0.25, 0.3) is 0 Å². The molecule has 0 N–H and O–H groups in total. The van der Waals surface area contributed by atoms with Crippen LogP contribution in [0.1, 0.15) is 159 Å². The molecule has 0 atom stereocenters. The van der Waals surface area contributed by atoms with Crippen molar-refractivity contribution in [1.82, 2.24) is 0 Å². The van der Waals surface area contributed by atoms with Gasteiger partial charge in [-0.25, -0.2) is 0 Å². The van der Waals surface area contributed by atoms with Gasteiger partial charge < -0.3 is 22.1 Å². The maximum Gasteiger partial charge on any atom is 0.143 e. The highest BCUT2D eigenvalue weighted by atomic mass is 16.3. The lowest BCUT2D eigenvalue weighted by Crippen LogP contribution is -2.13. The van der Waals surface area contributed by atoms with E-state index in [-0.39, 0.29) is 27.1 Å². The van der Waals surface area contributed by atoms with Gasteiger partial charge >= 0.3 is 0 Å². The first kappa shape index (κ1) is 82.9. The second kappa shape index (κ2) is 30.6. The van der Waals surface area contributed by atoms with E-state index < -0.39 is 0 Å². The fourth-order valence-corrected chi connectivity index (χ4v) is 22.2. The number of aryl methyl sites for hydroxylation is 5. The van der Waals surface area contributed by atoms with Crippen molar-refractivity contribution >= 4 is 217 Å². The van der Waals surface area contributed by atoms with Crippen LogP contribution >= 0.6 is 0 Å². The standard InChI is InChI=1S/5C25H22O/c1-15-13-14-20-21-18-11-7-5-9-16(18)17-10-6-8-12-19(17)23(21)26-24(20)22(15)25(2,3)4;1-15-9-13-19-22-20(26-24(19)23(15)25(2,3)4)14-12-17-11-10-16-7-5-6-8-18(16)21(17)22;1-15-9-12-19-21-14-20-17(11-10-16-7-5-6-8-18(16)20)13-22(21)26-24(19)23(15)25(2,3)4;1-15-9-12-19-21-13-17-11-10-16-7-5-6-8-18(16)20(17)14-22(21)26-24(19)23(15)25(2,3)4;1-15-9-11-20-22-19-12-10-16-7-5-6-8-17(16)18(19)13-14-21(22)26-24(20)23(15)25(2,3)4/h5*5-14H,1-4H3. The molecule has 130 heavy (non-hydrogen) atoms. The minimum Gasteiger partial charge on any atom is -0.456 e. The van der Waals surface area contributed by atoms with Gasteiger partial charge in [-0.1, -0.05) is 371 Å². The highest BCUT2D eigenvalue weighted by Gasteiger charge is 2.31. The van der Waals surface area contributed by atoms with E-state index in [0.717, 1.165) is 55.8 Å². The highest BCUT2D eigenvalue weighted by Crippen LogP contribution is 2.50. The maximum absolute atomic E-state index is 6.61. The molecular weight excluding hydrogens is 1580 g/mol. The minimum absolute atomic E-state index is 0.0308. The van der Waals surface area contributed by atoms with Crippen LogP contribution in [0.15, 0.2) is 325 Å². The smallest absolute Gasteiger partial charge is 0.143 e. The van der Waals surface area contributed by atoms with Gasteiger partial charge in [0, 0.05) is 92.5 Å². The van der Waals surface area contributed by atoms with Crippen LogP contribution in [0.4, 0.5) is 0 Å². The van der Waals surface area contributed by atoms with Crippen LogP contribution in [0.2, 0.25) is 0 Å². The summed E-state index contributed by atoms with van der Waals surface area (Å²) >= 11 is 0. The average Bonchev–Trinajstić information content (AvgIpc) is 1.56. The molecule has 5 nitrogen and oxygen atoms in total. The molecule has 0 bridgehead atoms. The van der Waals surface area contributed by atoms with Crippen LogP contribution in [0.5, 0.6) is 0 Å². The van der Waals surface area contributed by atoms with Gasteiger partial charge in [0.05, 0.1) is 0 Å². The molecule has 0 saturated carbocycles. The number of benzene rings is 20. The van der Waals surface area contributed by atoms with Gasteiger partial charge in [-0.15, -0.1) is 0 Å². The van der Waals surface area contributed by atoms with E-state index in [1.165, 1.54) is 217 Å². The quantitative estimate of drug-likeness (QED) is 0.142. The molecule has 5 heterocycles. The largest absolute Gasteiger partial charge is 0.456 e. The minimum atomic E-state index is 0.0308. The molecule has 0 saturated heterocycles. The topological polar surface area (TPSA) is 65.7 Å². The van der Waals surface area contributed by atoms with Crippen molar-refractivity contribution in [2.75, 3.05) is 0 Å². The van der Waals surface area contributed by atoms with Crippen molar-refractivity contribution in [3.05, 3.63) is 359 Å². The van der Waals surface area contributed by atoms with E-state index in [0.29, 0.717) is 0 Å². The fraction of sp³-hybridized carbons (Fsp3) is 0.200. The molecule has 0 unspecified atom stereocenters. The van der Waals surface area contributed by atoms with Gasteiger partial charge in [-0.3, -0.25) is 0 Å². The summed E-state index contributed by atoms with van der Waals surface area (Å²) in [6.45, 7) is 44.8. The second-order valence-electron chi connectivity index (χ2n) is 41.6. The van der Waals surface area contributed by atoms with E-state index in [4.69, 9.17) is 22.1 Å². The number of furan rings is 5. The van der Waals surface area contributed by atoms with Crippen molar-refractivity contribution in [3.8, 4) is 0 Å². The third-order valence-corrected chi connectivity index (χ3v) is 27.4. The molecule has 0 aliphatic heterocycles. The Kier molecular flexibility index (Phi) is 19.5. The summed E-state index contributed by atoms with van der Waals surface area (Å²) in [6.07, 6.45) is 0. The number of fused-ring (bicyclic) bond motifs is 34. The van der Waals surface area contributed by atoms with Crippen LogP contribution in [-0.4, -0.2) is 0 Å². The summed E-state index contributed by atoms with van der Waals surface area (Å²) in [6, 6.07) is 109. The Balaban J connectivity index is 0.0000000983. The summed E-state index contributed by atoms with van der Waals surface area (Å²) in [5.74, 6) is 0. The number of hydrogen-bond acceptors (Lipinski definition) is 5. The van der Waals surface area contributed by atoms with E-state index >= 15 is 0 Å². The van der Waals surface area contributed by atoms with Gasteiger partial charge in [0.15, 0.2) is 0 Å². The molecule has 5 aromatic heterocycles. The Morgan fingerprint density at radius 2 is 0.415 bits per heavy atom. The van der Waals surface area contributed by atoms with E-state index in [9.17, 15) is 0 Å². The molecule has 0 aliphatic carbocycles. The normalized spacial score (nSPS) is 12.6. The van der Waals surface area contributed by atoms with Gasteiger partial charge in [0.1, 0.15) is 55.8 Å². The lowest BCUT2D eigenvalue weighted by Gasteiger charge is -2.21. The zero-order valence-corrected chi connectivity index (χ0v) is 78.4. The molecule has 20 aromatic carbocycles. The van der Waals surface area contributed by atoms with Crippen molar-refractivity contribution in [2.45, 2.75) is 166 Å². The third kappa shape index (κ3) is 13.8. The Bertz CT molecular complexity index is 8900. The third-order valence-electron chi connectivity index (χ3n) is 27.4. The Labute approximate surface area is 758 Å². The Morgan fingerprint density at radius 3 is 0.900 bits per heavy atom. The predicted molar refractivity (Wildman–Crippen MR) is 561 cm³/mol. The van der Waals surface area contributed by atoms with Crippen LogP contribution in [-0.2, 0) is 27.1 Å². The lowest BCUT2D eigenvalue weighted by molar-refractivity contribution is 0.568. The van der Waals surface area contributed by atoms with E-state index in [2.05, 4.69) is 442 Å². The predicted octanol–water partition coefficient (Wildman–Crippen LogP) is 37.5. The molecule has 25 rings (SSSR count). The summed E-state index contributed by atoms with van der Waals surface area (Å²) in [5, 5.41) is 37.6. The monoisotopic (exact) mass is 1690 g/mol. The van der Waals surface area contributed by atoms with Crippen molar-refractivity contribution in [1.29, 1.82) is 0 Å². The first-order valence-electron chi connectivity index (χ1n) is 46.1. The Hall–Kier alpha value is -14.0. The molecule has 5 heteroatoms. The van der Waals surface area contributed by atoms with Crippen molar-refractivity contribution < 1.29 is 22.1 Å². The molecule has 0 spiro atoms. The van der Waals surface area contributed by atoms with Crippen LogP contribution in [0.25, 0.3) is 217 Å². The highest BCUT2D eigenvalue weighted by molar-refractivity contribution is 6.32. The zero-order chi connectivity index (χ0) is 90.3. The fourth-order valence-electron chi connectivity index (χ4n) is 22.2. The van der Waals surface area contributed by atoms with Gasteiger partial charge in [-0.05, 0) is 223 Å². The van der Waals surface area contributed by atoms with E-state index in [1.807, 2.05) is 0 Å². The average molecular weight is 1690 g/mol. The van der Waals surface area contributed by atoms with Crippen LogP contribution in [0.3, 0.4) is 0 Å². The second-order valence-corrected chi connectivity index (χ2v) is 41.6. The van der Waals surface area contributed by atoms with Gasteiger partial charge in [0.2, 0.25) is 0 Å². The zero-order valence-electron chi connectivity index (χ0n) is 78.4. The maximum atomic E-state index is 6.61. The van der Waals surface area contributed by atoms with Gasteiger partial charge in [-0.2, -0.15) is 0 Å².